The number of hydrogen-bond acceptors (Lipinski definition) is 4. The van der Waals surface area contributed by atoms with Crippen molar-refractivity contribution in [3.63, 3.8) is 0 Å². The number of aliphatic hydroxyl groups is 1. The molecule has 1 heterocycles. The minimum atomic E-state index is -0.546. The Morgan fingerprint density at radius 3 is 2.73 bits per heavy atom. The highest BCUT2D eigenvalue weighted by Crippen LogP contribution is 2.23. The topological polar surface area (TPSA) is 74.2 Å². The van der Waals surface area contributed by atoms with Crippen LogP contribution in [0.4, 0.5) is 10.2 Å². The third kappa shape index (κ3) is 4.51. The lowest BCUT2D eigenvalue weighted by Crippen LogP contribution is -2.48. The fourth-order valence-corrected chi connectivity index (χ4v) is 3.39. The first kappa shape index (κ1) is 18.6. The van der Waals surface area contributed by atoms with Crippen LogP contribution in [0, 0.1) is 5.82 Å². The molecule has 1 fully saturated rings. The zero-order valence-corrected chi connectivity index (χ0v) is 15.0. The molecule has 1 aromatic carbocycles. The van der Waals surface area contributed by atoms with E-state index in [1.807, 2.05) is 0 Å². The predicted molar refractivity (Wildman–Crippen MR) is 98.7 cm³/mol. The monoisotopic (exact) mass is 377 g/mol. The molecule has 138 valence electrons. The largest absolute Gasteiger partial charge is 0.392 e. The first-order valence-electron chi connectivity index (χ1n) is 8.65. The van der Waals surface area contributed by atoms with Gasteiger partial charge in [0.05, 0.1) is 11.6 Å². The lowest BCUT2D eigenvalue weighted by Gasteiger charge is -2.33. The number of halogens is 2. The third-order valence-corrected chi connectivity index (χ3v) is 4.89. The van der Waals surface area contributed by atoms with Crippen molar-refractivity contribution in [2.45, 2.75) is 44.4 Å². The predicted octanol–water partition coefficient (Wildman–Crippen LogP) is 3.52. The van der Waals surface area contributed by atoms with Gasteiger partial charge in [0.2, 0.25) is 0 Å². The smallest absolute Gasteiger partial charge is 0.251 e. The second-order valence-corrected chi connectivity index (χ2v) is 6.86. The number of amides is 1. The molecule has 1 aliphatic rings. The molecule has 26 heavy (non-hydrogen) atoms. The average Bonchev–Trinajstić information content (AvgIpc) is 2.65. The van der Waals surface area contributed by atoms with Crippen molar-refractivity contribution in [2.24, 2.45) is 0 Å². The van der Waals surface area contributed by atoms with Crippen molar-refractivity contribution in [1.82, 2.24) is 10.3 Å². The van der Waals surface area contributed by atoms with Crippen LogP contribution in [0.1, 0.15) is 41.6 Å². The molecule has 0 saturated heterocycles. The lowest BCUT2D eigenvalue weighted by atomic mass is 9.90. The highest BCUT2D eigenvalue weighted by molar-refractivity contribution is 6.31. The second-order valence-electron chi connectivity index (χ2n) is 6.45. The van der Waals surface area contributed by atoms with Gasteiger partial charge in [-0.05, 0) is 48.7 Å². The summed E-state index contributed by atoms with van der Waals surface area (Å²) in [6.45, 7) is -0.0483. The molecule has 2 atom stereocenters. The fourth-order valence-electron chi connectivity index (χ4n) is 3.21. The van der Waals surface area contributed by atoms with Crippen LogP contribution in [0.15, 0.2) is 36.5 Å². The number of nitrogens with one attached hydrogen (secondary N) is 2. The van der Waals surface area contributed by atoms with Gasteiger partial charge in [-0.2, -0.15) is 0 Å². The quantitative estimate of drug-likeness (QED) is 0.745. The summed E-state index contributed by atoms with van der Waals surface area (Å²) in [7, 11) is 0. The molecule has 3 N–H and O–H groups in total. The van der Waals surface area contributed by atoms with E-state index in [1.54, 1.807) is 18.3 Å². The summed E-state index contributed by atoms with van der Waals surface area (Å²) in [5, 5.41) is 15.6. The van der Waals surface area contributed by atoms with E-state index < -0.39 is 5.82 Å². The normalized spacial score (nSPS) is 19.8. The number of nitrogens with zero attached hydrogens (tertiary/aromatic N) is 1. The van der Waals surface area contributed by atoms with Gasteiger partial charge in [-0.3, -0.25) is 4.79 Å². The van der Waals surface area contributed by atoms with E-state index in [0.29, 0.717) is 11.4 Å². The molecule has 0 aliphatic heterocycles. The van der Waals surface area contributed by atoms with Crippen molar-refractivity contribution in [3.8, 4) is 0 Å². The molecule has 2 aromatic rings. The number of benzene rings is 1. The summed E-state index contributed by atoms with van der Waals surface area (Å²) in [4.78, 5) is 16.8. The van der Waals surface area contributed by atoms with Crippen LogP contribution in [-0.4, -0.2) is 28.1 Å². The molecular formula is C19H21ClFN3O2. The summed E-state index contributed by atoms with van der Waals surface area (Å²) >= 11 is 5.77. The fraction of sp³-hybridized carbons (Fsp3) is 0.368. The Labute approximate surface area is 156 Å². The summed E-state index contributed by atoms with van der Waals surface area (Å²) in [6, 6.07) is 7.47. The van der Waals surface area contributed by atoms with Gasteiger partial charge in [0.1, 0.15) is 11.6 Å². The molecule has 0 bridgehead atoms. The molecule has 1 aliphatic carbocycles. The Balaban J connectivity index is 1.70. The maximum absolute atomic E-state index is 13.3. The van der Waals surface area contributed by atoms with Gasteiger partial charge in [-0.1, -0.05) is 24.4 Å². The molecule has 0 spiro atoms. The maximum atomic E-state index is 13.3. The Bertz CT molecular complexity index is 787. The van der Waals surface area contributed by atoms with Gasteiger partial charge in [-0.25, -0.2) is 9.37 Å². The highest BCUT2D eigenvalue weighted by Gasteiger charge is 2.27. The highest BCUT2D eigenvalue weighted by atomic mass is 35.5. The molecule has 7 heteroatoms. The van der Waals surface area contributed by atoms with Gasteiger partial charge in [0.15, 0.2) is 0 Å². The minimum Gasteiger partial charge on any atom is -0.392 e. The molecule has 3 rings (SSSR count). The van der Waals surface area contributed by atoms with E-state index in [4.69, 9.17) is 11.6 Å². The lowest BCUT2D eigenvalue weighted by molar-refractivity contribution is 0.0923. The van der Waals surface area contributed by atoms with Gasteiger partial charge in [-0.15, -0.1) is 0 Å². The second kappa shape index (κ2) is 8.47. The van der Waals surface area contributed by atoms with Crippen LogP contribution in [0.25, 0.3) is 0 Å². The maximum Gasteiger partial charge on any atom is 0.251 e. The number of aromatic nitrogens is 1. The first-order valence-corrected chi connectivity index (χ1v) is 9.03. The van der Waals surface area contributed by atoms with E-state index in [-0.39, 0.29) is 29.6 Å². The SMILES string of the molecule is O=C(NC1CCCCC1Nc1cc(CO)ccn1)c1ccc(F)c(Cl)c1. The van der Waals surface area contributed by atoms with Crippen molar-refractivity contribution in [2.75, 3.05) is 5.32 Å². The zero-order chi connectivity index (χ0) is 18.5. The standard InChI is InChI=1S/C19H21ClFN3O2/c20-14-10-13(5-6-15(14)21)19(26)24-17-4-2-1-3-16(17)23-18-9-12(11-25)7-8-22-18/h5-10,16-17,25H,1-4,11H2,(H,22,23)(H,24,26). The number of pyridine rings is 1. The summed E-state index contributed by atoms with van der Waals surface area (Å²) in [5.74, 6) is -0.148. The van der Waals surface area contributed by atoms with E-state index >= 15 is 0 Å². The minimum absolute atomic E-state index is 0.0325. The van der Waals surface area contributed by atoms with Crippen molar-refractivity contribution in [1.29, 1.82) is 0 Å². The number of rotatable bonds is 5. The number of hydrogen-bond donors (Lipinski definition) is 3. The van der Waals surface area contributed by atoms with Crippen LogP contribution in [0.3, 0.4) is 0 Å². The number of anilines is 1. The Morgan fingerprint density at radius 1 is 1.23 bits per heavy atom. The van der Waals surface area contributed by atoms with E-state index in [9.17, 15) is 14.3 Å². The summed E-state index contributed by atoms with van der Waals surface area (Å²) in [5.41, 5.74) is 1.11. The first-order chi connectivity index (χ1) is 12.6. The Morgan fingerprint density at radius 2 is 2.00 bits per heavy atom. The number of carbonyl (C=O) groups is 1. The van der Waals surface area contributed by atoms with E-state index in [1.165, 1.54) is 18.2 Å². The Kier molecular flexibility index (Phi) is 6.06. The van der Waals surface area contributed by atoms with Crippen LogP contribution in [-0.2, 0) is 6.61 Å². The molecule has 1 aromatic heterocycles. The third-order valence-electron chi connectivity index (χ3n) is 4.60. The van der Waals surface area contributed by atoms with Gasteiger partial charge in [0.25, 0.3) is 5.91 Å². The molecular weight excluding hydrogens is 357 g/mol. The van der Waals surface area contributed by atoms with Crippen molar-refractivity contribution in [3.05, 3.63) is 58.5 Å². The van der Waals surface area contributed by atoms with Gasteiger partial charge >= 0.3 is 0 Å². The van der Waals surface area contributed by atoms with Crippen LogP contribution in [0.2, 0.25) is 5.02 Å². The van der Waals surface area contributed by atoms with Crippen molar-refractivity contribution >= 4 is 23.3 Å². The number of carbonyl (C=O) groups excluding carboxylic acids is 1. The van der Waals surface area contributed by atoms with E-state index in [2.05, 4.69) is 15.6 Å². The molecule has 1 amide bonds. The molecule has 5 nitrogen and oxygen atoms in total. The zero-order valence-electron chi connectivity index (χ0n) is 14.2. The molecule has 2 unspecified atom stereocenters. The molecule has 1 saturated carbocycles. The average molecular weight is 378 g/mol. The Hall–Kier alpha value is -2.18. The van der Waals surface area contributed by atoms with Gasteiger partial charge < -0.3 is 15.7 Å². The van der Waals surface area contributed by atoms with Gasteiger partial charge in [0, 0.05) is 23.8 Å². The number of aliphatic hydroxyl groups excluding tert-OH is 1. The summed E-state index contributed by atoms with van der Waals surface area (Å²) in [6.07, 6.45) is 5.48. The van der Waals surface area contributed by atoms with Crippen LogP contribution in [0.5, 0.6) is 0 Å². The van der Waals surface area contributed by atoms with Crippen molar-refractivity contribution < 1.29 is 14.3 Å². The molecule has 0 radical (unpaired) electrons. The van der Waals surface area contributed by atoms with E-state index in [0.717, 1.165) is 31.2 Å². The van der Waals surface area contributed by atoms with Crippen LogP contribution >= 0.6 is 11.6 Å². The van der Waals surface area contributed by atoms with Crippen LogP contribution < -0.4 is 10.6 Å². The summed E-state index contributed by atoms with van der Waals surface area (Å²) < 4.78 is 13.3.